The molecule has 1 aliphatic rings. The van der Waals surface area contributed by atoms with Crippen LogP contribution >= 0.6 is 0 Å². The van der Waals surface area contributed by atoms with Crippen molar-refractivity contribution in [2.24, 2.45) is 0 Å². The van der Waals surface area contributed by atoms with E-state index in [0.29, 0.717) is 0 Å². The second-order valence-corrected chi connectivity index (χ2v) is 5.25. The topological polar surface area (TPSA) is 15.7 Å². The van der Waals surface area contributed by atoms with Gasteiger partial charge in [-0.15, -0.1) is 0 Å². The molecule has 0 radical (unpaired) electrons. The maximum Gasteiger partial charge on any atom is 0.123 e. The Morgan fingerprint density at radius 2 is 1.79 bits per heavy atom. The average molecular weight is 266 g/mol. The Morgan fingerprint density at radius 1 is 1.11 bits per heavy atom. The third-order valence-corrected chi connectivity index (χ3v) is 3.58. The van der Waals surface area contributed by atoms with Gasteiger partial charge in [-0.3, -0.25) is 9.80 Å². The van der Waals surface area contributed by atoms with Crippen LogP contribution in [0.2, 0.25) is 0 Å². The quantitative estimate of drug-likeness (QED) is 0.809. The van der Waals surface area contributed by atoms with Crippen LogP contribution in [0.5, 0.6) is 0 Å². The number of piperazine rings is 1. The first-order valence-electron chi connectivity index (χ1n) is 6.87. The number of hydrogen-bond donors (Lipinski definition) is 0. The lowest BCUT2D eigenvalue weighted by Crippen LogP contribution is -2.46. The molecule has 19 heavy (non-hydrogen) atoms. The van der Waals surface area contributed by atoms with E-state index < -0.39 is 0 Å². The molecule has 0 amide bonds. The summed E-state index contributed by atoms with van der Waals surface area (Å²) in [6, 6.07) is 5.29. The highest BCUT2D eigenvalue weighted by molar-refractivity contribution is 5.23. The highest BCUT2D eigenvalue weighted by Crippen LogP contribution is 2.12. The summed E-state index contributed by atoms with van der Waals surface area (Å²) in [4.78, 5) is 4.80. The predicted molar refractivity (Wildman–Crippen MR) is 74.7 cm³/mol. The van der Waals surface area contributed by atoms with Gasteiger partial charge in [0.1, 0.15) is 5.82 Å². The summed E-state index contributed by atoms with van der Waals surface area (Å²) < 4.78 is 18.4. The van der Waals surface area contributed by atoms with Gasteiger partial charge in [-0.25, -0.2) is 4.39 Å². The van der Waals surface area contributed by atoms with Crippen molar-refractivity contribution in [3.63, 3.8) is 0 Å². The van der Waals surface area contributed by atoms with Crippen LogP contribution in [0.1, 0.15) is 11.1 Å². The fourth-order valence-electron chi connectivity index (χ4n) is 2.55. The fourth-order valence-corrected chi connectivity index (χ4v) is 2.55. The van der Waals surface area contributed by atoms with Gasteiger partial charge in [-0.1, -0.05) is 6.07 Å². The molecule has 0 atom stereocenters. The molecule has 0 aliphatic carbocycles. The van der Waals surface area contributed by atoms with Crippen LogP contribution in [0.4, 0.5) is 4.39 Å². The molecule has 1 aliphatic heterocycles. The smallest absolute Gasteiger partial charge is 0.123 e. The normalized spacial score (nSPS) is 17.8. The molecule has 0 spiro atoms. The molecule has 1 heterocycles. The molecular formula is C15H23FN2O. The third kappa shape index (κ3) is 4.56. The first kappa shape index (κ1) is 14.4. The predicted octanol–water partition coefficient (Wildman–Crippen LogP) is 1.90. The summed E-state index contributed by atoms with van der Waals surface area (Å²) in [5.74, 6) is -0.131. The van der Waals surface area contributed by atoms with Gasteiger partial charge in [-0.05, 0) is 30.2 Å². The van der Waals surface area contributed by atoms with Gasteiger partial charge in [0.15, 0.2) is 0 Å². The van der Waals surface area contributed by atoms with E-state index in [1.807, 2.05) is 6.92 Å². The van der Waals surface area contributed by atoms with Crippen molar-refractivity contribution >= 4 is 0 Å². The van der Waals surface area contributed by atoms with E-state index in [-0.39, 0.29) is 5.82 Å². The van der Waals surface area contributed by atoms with E-state index in [4.69, 9.17) is 4.74 Å². The molecule has 1 fully saturated rings. The van der Waals surface area contributed by atoms with Crippen molar-refractivity contribution in [1.29, 1.82) is 0 Å². The summed E-state index contributed by atoms with van der Waals surface area (Å²) >= 11 is 0. The molecule has 3 nitrogen and oxygen atoms in total. The average Bonchev–Trinajstić information content (AvgIpc) is 2.37. The number of rotatable bonds is 5. The van der Waals surface area contributed by atoms with Crippen LogP contribution in [0, 0.1) is 12.7 Å². The van der Waals surface area contributed by atoms with Crippen molar-refractivity contribution in [3.8, 4) is 0 Å². The monoisotopic (exact) mass is 266 g/mol. The first-order chi connectivity index (χ1) is 9.17. The van der Waals surface area contributed by atoms with Gasteiger partial charge >= 0.3 is 0 Å². The van der Waals surface area contributed by atoms with Crippen molar-refractivity contribution in [3.05, 3.63) is 35.1 Å². The summed E-state index contributed by atoms with van der Waals surface area (Å²) in [5, 5.41) is 0. The van der Waals surface area contributed by atoms with Crippen molar-refractivity contribution in [2.75, 3.05) is 46.4 Å². The van der Waals surface area contributed by atoms with Crippen LogP contribution in [0.3, 0.4) is 0 Å². The maximum absolute atomic E-state index is 13.3. The minimum absolute atomic E-state index is 0.131. The van der Waals surface area contributed by atoms with Crippen LogP contribution in [-0.4, -0.2) is 56.2 Å². The number of benzene rings is 1. The molecule has 0 unspecified atom stereocenters. The summed E-state index contributed by atoms with van der Waals surface area (Å²) in [6.07, 6.45) is 0. The first-order valence-corrected chi connectivity index (χ1v) is 6.87. The molecule has 1 aromatic rings. The molecule has 1 saturated heterocycles. The van der Waals surface area contributed by atoms with Gasteiger partial charge in [0, 0.05) is 46.4 Å². The molecule has 0 bridgehead atoms. The van der Waals surface area contributed by atoms with E-state index in [1.165, 1.54) is 0 Å². The zero-order chi connectivity index (χ0) is 13.7. The van der Waals surface area contributed by atoms with Crippen LogP contribution < -0.4 is 0 Å². The number of halogens is 1. The summed E-state index contributed by atoms with van der Waals surface area (Å²) in [7, 11) is 1.74. The molecule has 1 aromatic carbocycles. The van der Waals surface area contributed by atoms with E-state index in [9.17, 15) is 4.39 Å². The molecule has 106 valence electrons. The minimum Gasteiger partial charge on any atom is -0.383 e. The standard InChI is InChI=1S/C15H23FN2O/c1-13-9-14(11-15(16)10-13)12-18-5-3-17(4-6-18)7-8-19-2/h9-11H,3-8,12H2,1-2H3. The second kappa shape index (κ2) is 6.98. The van der Waals surface area contributed by atoms with Crippen molar-refractivity contribution in [1.82, 2.24) is 9.80 Å². The SMILES string of the molecule is COCCN1CCN(Cc2cc(C)cc(F)c2)CC1. The molecule has 0 aromatic heterocycles. The Kier molecular flexibility index (Phi) is 5.31. The Balaban J connectivity index is 1.82. The largest absolute Gasteiger partial charge is 0.383 e. The Labute approximate surface area is 115 Å². The van der Waals surface area contributed by atoms with E-state index in [0.717, 1.165) is 57.0 Å². The van der Waals surface area contributed by atoms with E-state index in [1.54, 1.807) is 19.2 Å². The van der Waals surface area contributed by atoms with Crippen LogP contribution in [-0.2, 0) is 11.3 Å². The molecule has 2 rings (SSSR count). The van der Waals surface area contributed by atoms with E-state index >= 15 is 0 Å². The molecule has 0 saturated carbocycles. The third-order valence-electron chi connectivity index (χ3n) is 3.58. The Bertz CT molecular complexity index is 383. The second-order valence-electron chi connectivity index (χ2n) is 5.25. The van der Waals surface area contributed by atoms with Gasteiger partial charge in [0.25, 0.3) is 0 Å². The van der Waals surface area contributed by atoms with Crippen molar-refractivity contribution < 1.29 is 9.13 Å². The molecule has 0 N–H and O–H groups in total. The lowest BCUT2D eigenvalue weighted by Gasteiger charge is -2.34. The number of methoxy groups -OCH3 is 1. The summed E-state index contributed by atoms with van der Waals surface area (Å²) in [6.45, 7) is 8.80. The van der Waals surface area contributed by atoms with Gasteiger partial charge in [0.2, 0.25) is 0 Å². The van der Waals surface area contributed by atoms with E-state index in [2.05, 4.69) is 15.9 Å². The highest BCUT2D eigenvalue weighted by atomic mass is 19.1. The maximum atomic E-state index is 13.3. The molecular weight excluding hydrogens is 243 g/mol. The zero-order valence-corrected chi connectivity index (χ0v) is 11.9. The fraction of sp³-hybridized carbons (Fsp3) is 0.600. The number of hydrogen-bond acceptors (Lipinski definition) is 3. The summed E-state index contributed by atoms with van der Waals surface area (Å²) in [5.41, 5.74) is 2.07. The van der Waals surface area contributed by atoms with Crippen LogP contribution in [0.15, 0.2) is 18.2 Å². The Morgan fingerprint density at radius 3 is 2.42 bits per heavy atom. The lowest BCUT2D eigenvalue weighted by molar-refractivity contribution is 0.0937. The number of aryl methyl sites for hydroxylation is 1. The zero-order valence-electron chi connectivity index (χ0n) is 11.9. The minimum atomic E-state index is -0.131. The number of nitrogens with zero attached hydrogens (tertiary/aromatic N) is 2. The molecule has 4 heteroatoms. The van der Waals surface area contributed by atoms with Crippen molar-refractivity contribution in [2.45, 2.75) is 13.5 Å². The Hall–Kier alpha value is -0.970. The number of ether oxygens (including phenoxy) is 1. The lowest BCUT2D eigenvalue weighted by atomic mass is 10.1. The van der Waals surface area contributed by atoms with Crippen LogP contribution in [0.25, 0.3) is 0 Å². The van der Waals surface area contributed by atoms with Gasteiger partial charge in [-0.2, -0.15) is 0 Å². The van der Waals surface area contributed by atoms with Gasteiger partial charge < -0.3 is 4.74 Å². The highest BCUT2D eigenvalue weighted by Gasteiger charge is 2.16. The van der Waals surface area contributed by atoms with Gasteiger partial charge in [0.05, 0.1) is 6.61 Å².